The Morgan fingerprint density at radius 3 is 2.74 bits per heavy atom. The zero-order valence-corrected chi connectivity index (χ0v) is 20.7. The zero-order valence-electron chi connectivity index (χ0n) is 17.7. The van der Waals surface area contributed by atoms with Crippen LogP contribution in [-0.2, 0) is 4.74 Å². The topological polar surface area (TPSA) is 71.5 Å². The maximum Gasteiger partial charge on any atom is 0.229 e. The van der Waals surface area contributed by atoms with Gasteiger partial charge in [-0.15, -0.1) is 0 Å². The van der Waals surface area contributed by atoms with Crippen molar-refractivity contribution in [3.63, 3.8) is 0 Å². The van der Waals surface area contributed by atoms with E-state index in [0.717, 1.165) is 57.1 Å². The number of ether oxygens (including phenoxy) is 2. The Bertz CT molecular complexity index is 873. The summed E-state index contributed by atoms with van der Waals surface area (Å²) in [7, 11) is 1.70. The van der Waals surface area contributed by atoms with Gasteiger partial charge in [0.1, 0.15) is 10.8 Å². The monoisotopic (exact) mass is 557 g/mol. The Morgan fingerprint density at radius 1 is 1.23 bits per heavy atom. The normalized spacial score (nSPS) is 18.7. The lowest BCUT2D eigenvalue weighted by molar-refractivity contribution is 0.0699. The number of nitrogens with one attached hydrogen (secondary N) is 2. The van der Waals surface area contributed by atoms with Crippen molar-refractivity contribution in [2.24, 2.45) is 5.92 Å². The summed E-state index contributed by atoms with van der Waals surface area (Å²) in [4.78, 5) is 8.94. The molecule has 0 radical (unpaired) electrons. The number of hydrogen-bond acceptors (Lipinski definition) is 7. The molecule has 2 aromatic rings. The lowest BCUT2D eigenvalue weighted by Gasteiger charge is -2.28. The first-order valence-corrected chi connectivity index (χ1v) is 12.2. The number of hydrogen-bond donors (Lipinski definition) is 2. The molecular weight excluding hydrogens is 529 g/mol. The van der Waals surface area contributed by atoms with Crippen molar-refractivity contribution in [1.82, 2.24) is 13.1 Å². The van der Waals surface area contributed by atoms with Crippen LogP contribution in [0.25, 0.3) is 0 Å². The molecule has 2 N–H and O–H groups in total. The molecule has 1 aromatic carbocycles. The van der Waals surface area contributed by atoms with Crippen LogP contribution in [0.1, 0.15) is 37.2 Å². The van der Waals surface area contributed by atoms with Crippen LogP contribution >= 0.6 is 34.5 Å². The highest BCUT2D eigenvalue weighted by Gasteiger charge is 2.21. The number of benzene rings is 1. The summed E-state index contributed by atoms with van der Waals surface area (Å²) < 4.78 is 13.5. The smallest absolute Gasteiger partial charge is 0.229 e. The van der Waals surface area contributed by atoms with E-state index in [1.807, 2.05) is 0 Å². The number of piperidine rings is 1. The first-order valence-electron chi connectivity index (χ1n) is 10.8. The quantitative estimate of drug-likeness (QED) is 0.356. The molecule has 2 saturated heterocycles. The molecule has 7 nitrogen and oxygen atoms in total. The van der Waals surface area contributed by atoms with Gasteiger partial charge in [0.15, 0.2) is 5.82 Å². The Balaban J connectivity index is 1.44. The van der Waals surface area contributed by atoms with Crippen LogP contribution in [0, 0.1) is 5.92 Å². The third-order valence-electron chi connectivity index (χ3n) is 6.03. The summed E-state index contributed by atoms with van der Waals surface area (Å²) in [5.41, 5.74) is 2.16. The van der Waals surface area contributed by atoms with Crippen molar-refractivity contribution in [2.45, 2.75) is 31.6 Å². The van der Waals surface area contributed by atoms with Gasteiger partial charge in [0.05, 0.1) is 19.0 Å². The van der Waals surface area contributed by atoms with Crippen LogP contribution in [0.15, 0.2) is 24.4 Å². The highest BCUT2D eigenvalue weighted by Crippen LogP contribution is 2.35. The Morgan fingerprint density at radius 2 is 2.00 bits per heavy atom. The van der Waals surface area contributed by atoms with E-state index in [4.69, 9.17) is 21.1 Å². The highest BCUT2D eigenvalue weighted by atomic mass is 127. The minimum absolute atomic E-state index is 0.489. The molecule has 2 fully saturated rings. The van der Waals surface area contributed by atoms with E-state index < -0.39 is 0 Å². The molecular formula is C22H29ClIN5O2. The number of rotatable bonds is 7. The summed E-state index contributed by atoms with van der Waals surface area (Å²) in [6.45, 7) is 4.71. The summed E-state index contributed by atoms with van der Waals surface area (Å²) in [5, 5.41) is 7.18. The average molecular weight is 558 g/mol. The Kier molecular flexibility index (Phi) is 8.08. The minimum atomic E-state index is 0.489. The molecule has 2 aliphatic rings. The second-order valence-electron chi connectivity index (χ2n) is 8.10. The van der Waals surface area contributed by atoms with E-state index in [9.17, 15) is 0 Å². The Hall–Kier alpha value is -1.36. The predicted octanol–water partition coefficient (Wildman–Crippen LogP) is 5.25. The first kappa shape index (κ1) is 22.8. The Labute approximate surface area is 202 Å². The van der Waals surface area contributed by atoms with E-state index in [2.05, 4.69) is 64.8 Å². The minimum Gasteiger partial charge on any atom is -0.495 e. The first-order chi connectivity index (χ1) is 15.1. The predicted molar refractivity (Wildman–Crippen MR) is 133 cm³/mol. The highest BCUT2D eigenvalue weighted by molar-refractivity contribution is 14.1. The van der Waals surface area contributed by atoms with Crippen molar-refractivity contribution >= 4 is 51.9 Å². The van der Waals surface area contributed by atoms with Gasteiger partial charge in [-0.2, -0.15) is 4.98 Å². The van der Waals surface area contributed by atoms with E-state index in [1.54, 1.807) is 13.3 Å². The molecule has 2 aliphatic heterocycles. The summed E-state index contributed by atoms with van der Waals surface area (Å²) in [6, 6.07) is 6.37. The van der Waals surface area contributed by atoms with Crippen LogP contribution in [0.5, 0.6) is 5.75 Å². The average Bonchev–Trinajstić information content (AvgIpc) is 2.81. The van der Waals surface area contributed by atoms with Gasteiger partial charge in [-0.25, -0.2) is 8.10 Å². The van der Waals surface area contributed by atoms with E-state index >= 15 is 0 Å². The lowest BCUT2D eigenvalue weighted by Crippen LogP contribution is -2.24. The van der Waals surface area contributed by atoms with Gasteiger partial charge < -0.3 is 20.1 Å². The molecule has 0 amide bonds. The molecule has 0 unspecified atom stereocenters. The summed E-state index contributed by atoms with van der Waals surface area (Å²) >= 11 is 8.73. The third kappa shape index (κ3) is 6.12. The SMILES string of the molecule is COc1cc(C2CCN(I)CC2)ccc1Nc1ncc(Cl)c(NCC2CCOCC2)n1. The van der Waals surface area contributed by atoms with E-state index in [1.165, 1.54) is 18.4 Å². The number of anilines is 3. The molecule has 31 heavy (non-hydrogen) atoms. The molecule has 0 saturated carbocycles. The van der Waals surface area contributed by atoms with Crippen molar-refractivity contribution < 1.29 is 9.47 Å². The second kappa shape index (κ2) is 11.0. The van der Waals surface area contributed by atoms with E-state index in [-0.39, 0.29) is 0 Å². The van der Waals surface area contributed by atoms with E-state index in [0.29, 0.717) is 28.6 Å². The molecule has 168 valence electrons. The third-order valence-corrected chi connectivity index (χ3v) is 7.27. The van der Waals surface area contributed by atoms with Crippen molar-refractivity contribution in [2.75, 3.05) is 50.6 Å². The van der Waals surface area contributed by atoms with Crippen LogP contribution in [-0.4, -0.2) is 53.0 Å². The van der Waals surface area contributed by atoms with Crippen molar-refractivity contribution in [3.8, 4) is 5.75 Å². The molecule has 1 aromatic heterocycles. The van der Waals surface area contributed by atoms with Crippen molar-refractivity contribution in [3.05, 3.63) is 35.0 Å². The van der Waals surface area contributed by atoms with Gasteiger partial charge in [0, 0.05) is 55.7 Å². The number of halogens is 2. The fourth-order valence-electron chi connectivity index (χ4n) is 4.11. The largest absolute Gasteiger partial charge is 0.495 e. The van der Waals surface area contributed by atoms with Gasteiger partial charge in [0.2, 0.25) is 5.95 Å². The lowest BCUT2D eigenvalue weighted by atomic mass is 9.90. The fraction of sp³-hybridized carbons (Fsp3) is 0.545. The molecule has 9 heteroatoms. The molecule has 3 heterocycles. The van der Waals surface area contributed by atoms with Crippen LogP contribution < -0.4 is 15.4 Å². The number of aromatic nitrogens is 2. The van der Waals surface area contributed by atoms with Crippen LogP contribution in [0.4, 0.5) is 17.5 Å². The van der Waals surface area contributed by atoms with Gasteiger partial charge >= 0.3 is 0 Å². The molecule has 0 spiro atoms. The number of nitrogens with zero attached hydrogens (tertiary/aromatic N) is 3. The molecule has 0 bridgehead atoms. The molecule has 4 rings (SSSR count). The summed E-state index contributed by atoms with van der Waals surface area (Å²) in [6.07, 6.45) is 6.08. The van der Waals surface area contributed by atoms with Crippen molar-refractivity contribution in [1.29, 1.82) is 0 Å². The summed E-state index contributed by atoms with van der Waals surface area (Å²) in [5.74, 6) is 3.07. The fourth-order valence-corrected chi connectivity index (χ4v) is 4.82. The van der Waals surface area contributed by atoms with Gasteiger partial charge in [-0.3, -0.25) is 0 Å². The maximum absolute atomic E-state index is 6.32. The van der Waals surface area contributed by atoms with Gasteiger partial charge in [0.25, 0.3) is 0 Å². The molecule has 0 atom stereocenters. The zero-order chi connectivity index (χ0) is 21.6. The van der Waals surface area contributed by atoms with Crippen LogP contribution in [0.2, 0.25) is 5.02 Å². The van der Waals surface area contributed by atoms with Gasteiger partial charge in [-0.05, 0) is 55.2 Å². The standard InChI is InChI=1S/C22H29ClIN5O2/c1-30-20-12-17(16-4-8-29(24)9-5-16)2-3-19(20)27-22-26-14-18(23)21(28-22)25-13-15-6-10-31-11-7-15/h2-3,12,14-16H,4-11,13H2,1H3,(H2,25,26,27,28). The number of methoxy groups -OCH3 is 1. The second-order valence-corrected chi connectivity index (χ2v) is 9.87. The van der Waals surface area contributed by atoms with Gasteiger partial charge in [-0.1, -0.05) is 17.7 Å². The molecule has 0 aliphatic carbocycles. The van der Waals surface area contributed by atoms with Crippen LogP contribution in [0.3, 0.4) is 0 Å². The maximum atomic E-state index is 6.32.